The van der Waals surface area contributed by atoms with Gasteiger partial charge in [0.1, 0.15) is 0 Å². The molecule has 78 valence electrons. The molecule has 0 bridgehead atoms. The zero-order valence-corrected chi connectivity index (χ0v) is 8.77. The standard InChI is InChI=1S/C13H15NO/c1-14-9-13(15)12-8-4-6-10-5-2-3-7-11(10)12/h2-8,13-15H,9H2,1H3. The van der Waals surface area contributed by atoms with Crippen molar-refractivity contribution in [3.8, 4) is 0 Å². The maximum atomic E-state index is 9.96. The monoisotopic (exact) mass is 201 g/mol. The second-order valence-electron chi connectivity index (χ2n) is 3.64. The molecule has 0 heterocycles. The Hall–Kier alpha value is -1.38. The minimum atomic E-state index is -0.443. The van der Waals surface area contributed by atoms with Crippen LogP contribution >= 0.6 is 0 Å². The highest BCUT2D eigenvalue weighted by Gasteiger charge is 2.08. The zero-order valence-electron chi connectivity index (χ0n) is 8.77. The van der Waals surface area contributed by atoms with E-state index < -0.39 is 6.10 Å². The largest absolute Gasteiger partial charge is 0.387 e. The number of aliphatic hydroxyl groups excluding tert-OH is 1. The lowest BCUT2D eigenvalue weighted by Gasteiger charge is -2.12. The number of likely N-dealkylation sites (N-methyl/N-ethyl adjacent to an activating group) is 1. The number of benzene rings is 2. The Morgan fingerprint density at radius 3 is 2.67 bits per heavy atom. The molecule has 15 heavy (non-hydrogen) atoms. The number of rotatable bonds is 3. The number of nitrogens with one attached hydrogen (secondary N) is 1. The highest BCUT2D eigenvalue weighted by Crippen LogP contribution is 2.23. The fraction of sp³-hybridized carbons (Fsp3) is 0.231. The maximum Gasteiger partial charge on any atom is 0.0920 e. The Kier molecular flexibility index (Phi) is 2.99. The molecule has 0 aliphatic heterocycles. The summed E-state index contributed by atoms with van der Waals surface area (Å²) in [5.41, 5.74) is 0.988. The van der Waals surface area contributed by atoms with Gasteiger partial charge in [0.05, 0.1) is 6.10 Å². The number of hydrogen-bond donors (Lipinski definition) is 2. The van der Waals surface area contributed by atoms with E-state index >= 15 is 0 Å². The Morgan fingerprint density at radius 2 is 1.87 bits per heavy atom. The molecule has 2 heteroatoms. The predicted molar refractivity (Wildman–Crippen MR) is 62.8 cm³/mol. The molecule has 0 aliphatic carbocycles. The third-order valence-corrected chi connectivity index (χ3v) is 2.58. The van der Waals surface area contributed by atoms with Crippen LogP contribution in [0.4, 0.5) is 0 Å². The van der Waals surface area contributed by atoms with Crippen molar-refractivity contribution in [2.24, 2.45) is 0 Å². The average Bonchev–Trinajstić information content (AvgIpc) is 2.28. The van der Waals surface area contributed by atoms with Crippen molar-refractivity contribution >= 4 is 10.8 Å². The van der Waals surface area contributed by atoms with Crippen LogP contribution in [0.3, 0.4) is 0 Å². The van der Waals surface area contributed by atoms with Gasteiger partial charge in [-0.05, 0) is 23.4 Å². The van der Waals surface area contributed by atoms with Crippen LogP contribution in [0.2, 0.25) is 0 Å². The van der Waals surface area contributed by atoms with E-state index in [2.05, 4.69) is 17.4 Å². The van der Waals surface area contributed by atoms with Gasteiger partial charge in [-0.25, -0.2) is 0 Å². The summed E-state index contributed by atoms with van der Waals surface area (Å²) >= 11 is 0. The van der Waals surface area contributed by atoms with Gasteiger partial charge in [-0.1, -0.05) is 42.5 Å². The second-order valence-corrected chi connectivity index (χ2v) is 3.64. The molecule has 0 aromatic heterocycles. The van der Waals surface area contributed by atoms with E-state index in [-0.39, 0.29) is 0 Å². The van der Waals surface area contributed by atoms with Gasteiger partial charge in [-0.15, -0.1) is 0 Å². The molecule has 0 saturated heterocycles. The van der Waals surface area contributed by atoms with Crippen LogP contribution in [-0.4, -0.2) is 18.7 Å². The molecule has 0 radical (unpaired) electrons. The van der Waals surface area contributed by atoms with Crippen LogP contribution in [0.5, 0.6) is 0 Å². The summed E-state index contributed by atoms with van der Waals surface area (Å²) in [5.74, 6) is 0. The molecular weight excluding hydrogens is 186 g/mol. The summed E-state index contributed by atoms with van der Waals surface area (Å²) in [4.78, 5) is 0. The minimum absolute atomic E-state index is 0.443. The van der Waals surface area contributed by atoms with Crippen LogP contribution < -0.4 is 5.32 Å². The van der Waals surface area contributed by atoms with Crippen molar-refractivity contribution in [3.05, 3.63) is 48.0 Å². The molecule has 2 aromatic carbocycles. The van der Waals surface area contributed by atoms with Crippen LogP contribution in [0.25, 0.3) is 10.8 Å². The predicted octanol–water partition coefficient (Wildman–Crippen LogP) is 2.09. The third kappa shape index (κ3) is 2.01. The van der Waals surface area contributed by atoms with Gasteiger partial charge < -0.3 is 10.4 Å². The number of fused-ring (bicyclic) bond motifs is 1. The lowest BCUT2D eigenvalue weighted by Crippen LogP contribution is -2.16. The first-order valence-corrected chi connectivity index (χ1v) is 5.13. The van der Waals surface area contributed by atoms with Crippen molar-refractivity contribution in [2.75, 3.05) is 13.6 Å². The molecule has 0 amide bonds. The van der Waals surface area contributed by atoms with E-state index in [4.69, 9.17) is 0 Å². The molecule has 1 unspecified atom stereocenters. The molecule has 1 atom stereocenters. The average molecular weight is 201 g/mol. The summed E-state index contributed by atoms with van der Waals surface area (Å²) in [5, 5.41) is 15.2. The second kappa shape index (κ2) is 4.43. The van der Waals surface area contributed by atoms with Gasteiger partial charge in [-0.3, -0.25) is 0 Å². The summed E-state index contributed by atoms with van der Waals surface area (Å²) in [6, 6.07) is 14.1. The SMILES string of the molecule is CNCC(O)c1cccc2ccccc12. The van der Waals surface area contributed by atoms with Crippen LogP contribution in [-0.2, 0) is 0 Å². The van der Waals surface area contributed by atoms with Gasteiger partial charge in [0.15, 0.2) is 0 Å². The molecule has 2 N–H and O–H groups in total. The van der Waals surface area contributed by atoms with Crippen molar-refractivity contribution < 1.29 is 5.11 Å². The highest BCUT2D eigenvalue weighted by molar-refractivity contribution is 5.85. The van der Waals surface area contributed by atoms with E-state index in [0.29, 0.717) is 6.54 Å². The normalized spacial score (nSPS) is 12.9. The summed E-state index contributed by atoms with van der Waals surface area (Å²) in [7, 11) is 1.84. The third-order valence-electron chi connectivity index (χ3n) is 2.58. The quantitative estimate of drug-likeness (QED) is 0.797. The van der Waals surface area contributed by atoms with Gasteiger partial charge in [0.25, 0.3) is 0 Å². The Bertz CT molecular complexity index is 448. The van der Waals surface area contributed by atoms with Gasteiger partial charge in [0.2, 0.25) is 0 Å². The topological polar surface area (TPSA) is 32.3 Å². The Morgan fingerprint density at radius 1 is 1.13 bits per heavy atom. The van der Waals surface area contributed by atoms with E-state index in [1.165, 1.54) is 5.39 Å². The lowest BCUT2D eigenvalue weighted by atomic mass is 10.0. The summed E-state index contributed by atoms with van der Waals surface area (Å²) in [6.45, 7) is 0.577. The van der Waals surface area contributed by atoms with Crippen molar-refractivity contribution in [1.29, 1.82) is 0 Å². The van der Waals surface area contributed by atoms with Crippen molar-refractivity contribution in [3.63, 3.8) is 0 Å². The minimum Gasteiger partial charge on any atom is -0.387 e. The van der Waals surface area contributed by atoms with Crippen LogP contribution in [0, 0.1) is 0 Å². The Balaban J connectivity index is 2.50. The summed E-state index contributed by atoms with van der Waals surface area (Å²) in [6.07, 6.45) is -0.443. The van der Waals surface area contributed by atoms with Crippen molar-refractivity contribution in [1.82, 2.24) is 5.32 Å². The Labute approximate surface area is 89.6 Å². The molecule has 2 aromatic rings. The number of aliphatic hydroxyl groups is 1. The maximum absolute atomic E-state index is 9.96. The molecule has 0 aliphatic rings. The van der Waals surface area contributed by atoms with Gasteiger partial charge in [-0.2, -0.15) is 0 Å². The number of hydrogen-bond acceptors (Lipinski definition) is 2. The zero-order chi connectivity index (χ0) is 10.7. The van der Waals surface area contributed by atoms with Gasteiger partial charge in [0, 0.05) is 6.54 Å². The lowest BCUT2D eigenvalue weighted by molar-refractivity contribution is 0.179. The van der Waals surface area contributed by atoms with E-state index in [1.54, 1.807) is 0 Å². The molecule has 2 nitrogen and oxygen atoms in total. The van der Waals surface area contributed by atoms with Crippen molar-refractivity contribution in [2.45, 2.75) is 6.10 Å². The van der Waals surface area contributed by atoms with Gasteiger partial charge >= 0.3 is 0 Å². The molecule has 0 spiro atoms. The fourth-order valence-electron chi connectivity index (χ4n) is 1.84. The molecular formula is C13H15NO. The smallest absolute Gasteiger partial charge is 0.0920 e. The van der Waals surface area contributed by atoms with E-state index in [1.807, 2.05) is 37.4 Å². The van der Waals surface area contributed by atoms with Crippen LogP contribution in [0.1, 0.15) is 11.7 Å². The van der Waals surface area contributed by atoms with E-state index in [9.17, 15) is 5.11 Å². The first-order valence-electron chi connectivity index (χ1n) is 5.13. The molecule has 0 saturated carbocycles. The fourth-order valence-corrected chi connectivity index (χ4v) is 1.84. The molecule has 2 rings (SSSR count). The molecule has 0 fully saturated rings. The van der Waals surface area contributed by atoms with E-state index in [0.717, 1.165) is 10.9 Å². The highest BCUT2D eigenvalue weighted by atomic mass is 16.3. The van der Waals surface area contributed by atoms with Crippen LogP contribution in [0.15, 0.2) is 42.5 Å². The summed E-state index contributed by atoms with van der Waals surface area (Å²) < 4.78 is 0. The first-order chi connectivity index (χ1) is 7.33. The first kappa shape index (κ1) is 10.1.